The fourth-order valence-electron chi connectivity index (χ4n) is 10.6. The minimum atomic E-state index is -0.982. The summed E-state index contributed by atoms with van der Waals surface area (Å²) in [6.07, 6.45) is 3.62. The van der Waals surface area contributed by atoms with Crippen LogP contribution in [0.1, 0.15) is 101 Å². The van der Waals surface area contributed by atoms with Gasteiger partial charge in [0.05, 0.1) is 21.7 Å². The monoisotopic (exact) mass is 813 g/mol. The molecular weight excluding hydrogens is 770 g/mol. The molecule has 6 aliphatic rings. The number of hydrogen-bond acceptors (Lipinski definition) is 10. The molecule has 1 saturated carbocycles. The molecule has 3 saturated heterocycles. The number of piperidine rings is 2. The Morgan fingerprint density at radius 2 is 1.63 bits per heavy atom. The van der Waals surface area contributed by atoms with Crippen LogP contribution in [0.15, 0.2) is 48.7 Å². The lowest BCUT2D eigenvalue weighted by Gasteiger charge is -2.65. The number of nitrogens with zero attached hydrogens (tertiary/aromatic N) is 6. The van der Waals surface area contributed by atoms with Gasteiger partial charge in [-0.25, -0.2) is 4.98 Å². The lowest BCUT2D eigenvalue weighted by molar-refractivity contribution is -0.199. The number of aromatic nitrogens is 1. The third-order valence-electron chi connectivity index (χ3n) is 13.3. The van der Waals surface area contributed by atoms with E-state index in [2.05, 4.69) is 65.7 Å². The van der Waals surface area contributed by atoms with Crippen molar-refractivity contribution in [1.82, 2.24) is 25.0 Å². The van der Waals surface area contributed by atoms with E-state index in [0.29, 0.717) is 40.2 Å². The summed E-state index contributed by atoms with van der Waals surface area (Å²) in [5.74, 6) is 5.59. The molecule has 1 atom stereocenters. The number of carbonyl (C=O) groups excluding carboxylic acids is 5. The molecule has 0 radical (unpaired) electrons. The second-order valence-corrected chi connectivity index (χ2v) is 18.2. The Morgan fingerprint density at radius 3 is 2.32 bits per heavy atom. The molecule has 0 spiro atoms. The number of nitriles is 1. The van der Waals surface area contributed by atoms with Crippen LogP contribution < -0.4 is 15.0 Å². The summed E-state index contributed by atoms with van der Waals surface area (Å²) in [7, 11) is 0. The minimum absolute atomic E-state index is 0.0800. The number of carbonyl (C=O) groups is 5. The van der Waals surface area contributed by atoms with Crippen molar-refractivity contribution in [3.63, 3.8) is 0 Å². The van der Waals surface area contributed by atoms with Crippen molar-refractivity contribution in [2.24, 2.45) is 16.7 Å². The highest BCUT2D eigenvalue weighted by Crippen LogP contribution is 2.59. The molecule has 1 unspecified atom stereocenters. The number of imide groups is 2. The van der Waals surface area contributed by atoms with Gasteiger partial charge in [0.15, 0.2) is 0 Å². The first-order chi connectivity index (χ1) is 28.1. The summed E-state index contributed by atoms with van der Waals surface area (Å²) in [6.45, 7) is 12.4. The van der Waals surface area contributed by atoms with Crippen LogP contribution in [-0.2, 0) is 16.1 Å². The standard InChI is InChI=1S/C45H44ClN7O6/c1-44(2)42(45(3,4)43(44)59-31-9-7-27(20-47)34(46)19-31)52-22-28-17-26(21-48-37(28)41(52)58)6-5-25-13-15-50(16-14-25)30-23-51(24-30)29-8-10-32-33(18-29)40(57)53(39(32)56)35-11-12-36(54)49-38(35)55/h7-10,17-19,21,25,30,35,42-43H,11-16,22-24H2,1-4H3,(H,49,54,55)/t35?,42-,43-. The van der Waals surface area contributed by atoms with E-state index in [1.54, 1.807) is 36.5 Å². The van der Waals surface area contributed by atoms with Gasteiger partial charge in [-0.3, -0.25) is 39.1 Å². The van der Waals surface area contributed by atoms with Crippen molar-refractivity contribution in [3.8, 4) is 23.7 Å². The molecule has 5 amide bonds. The second kappa shape index (κ2) is 14.2. The number of amides is 5. The summed E-state index contributed by atoms with van der Waals surface area (Å²) < 4.78 is 6.46. The molecule has 59 heavy (non-hydrogen) atoms. The summed E-state index contributed by atoms with van der Waals surface area (Å²) in [5.41, 5.74) is 3.25. The van der Waals surface area contributed by atoms with E-state index < -0.39 is 29.7 Å². The first kappa shape index (κ1) is 38.7. The predicted octanol–water partition coefficient (Wildman–Crippen LogP) is 4.80. The van der Waals surface area contributed by atoms with Gasteiger partial charge in [0.2, 0.25) is 11.8 Å². The molecule has 5 aliphatic heterocycles. The van der Waals surface area contributed by atoms with Crippen LogP contribution in [0.3, 0.4) is 0 Å². The van der Waals surface area contributed by atoms with Crippen molar-refractivity contribution >= 4 is 46.8 Å². The molecule has 302 valence electrons. The fourth-order valence-corrected chi connectivity index (χ4v) is 10.9. The molecule has 13 nitrogen and oxygen atoms in total. The molecule has 2 aromatic carbocycles. The Morgan fingerprint density at radius 1 is 0.898 bits per heavy atom. The van der Waals surface area contributed by atoms with Gasteiger partial charge >= 0.3 is 0 Å². The number of nitrogens with one attached hydrogen (secondary N) is 1. The molecule has 1 N–H and O–H groups in total. The van der Waals surface area contributed by atoms with Crippen LogP contribution in [0, 0.1) is 39.9 Å². The van der Waals surface area contributed by atoms with Crippen molar-refractivity contribution in [2.75, 3.05) is 31.1 Å². The number of benzene rings is 2. The molecule has 6 heterocycles. The number of ether oxygens (including phenoxy) is 1. The van der Waals surface area contributed by atoms with E-state index >= 15 is 0 Å². The number of fused-ring (bicyclic) bond motifs is 2. The molecule has 14 heteroatoms. The van der Waals surface area contributed by atoms with Crippen LogP contribution in [0.25, 0.3) is 0 Å². The molecule has 9 rings (SSSR count). The second-order valence-electron chi connectivity index (χ2n) is 17.8. The average Bonchev–Trinajstić information content (AvgIpc) is 3.62. The predicted molar refractivity (Wildman–Crippen MR) is 216 cm³/mol. The largest absolute Gasteiger partial charge is 0.489 e. The Labute approximate surface area is 347 Å². The average molecular weight is 814 g/mol. The number of rotatable bonds is 6. The lowest BCUT2D eigenvalue weighted by atomic mass is 9.49. The van der Waals surface area contributed by atoms with Crippen LogP contribution in [0.4, 0.5) is 5.69 Å². The zero-order valence-electron chi connectivity index (χ0n) is 33.4. The van der Waals surface area contributed by atoms with E-state index in [4.69, 9.17) is 16.3 Å². The number of anilines is 1. The van der Waals surface area contributed by atoms with Crippen LogP contribution in [0.2, 0.25) is 5.02 Å². The first-order valence-electron chi connectivity index (χ1n) is 20.2. The van der Waals surface area contributed by atoms with E-state index in [0.717, 1.165) is 60.7 Å². The van der Waals surface area contributed by atoms with Crippen LogP contribution in [0.5, 0.6) is 5.75 Å². The summed E-state index contributed by atoms with van der Waals surface area (Å²) in [6, 6.07) is 13.7. The van der Waals surface area contributed by atoms with Crippen LogP contribution >= 0.6 is 11.6 Å². The zero-order valence-corrected chi connectivity index (χ0v) is 34.1. The SMILES string of the molecule is CC1(C)[C@H](Oc2ccc(C#N)c(Cl)c2)C(C)(C)[C@H]1N1Cc2cc(C#CC3CCN(C4CN(c5ccc6c(c5)C(=O)N(C5CCC(=O)NC5=O)C6=O)C4)CC3)cnc2C1=O. The summed E-state index contributed by atoms with van der Waals surface area (Å²) in [4.78, 5) is 76.4. The van der Waals surface area contributed by atoms with Gasteiger partial charge in [-0.05, 0) is 68.8 Å². The number of hydrogen-bond donors (Lipinski definition) is 1. The molecule has 0 bridgehead atoms. The van der Waals surface area contributed by atoms with Gasteiger partial charge in [-0.1, -0.05) is 51.1 Å². The quantitative estimate of drug-likeness (QED) is 0.271. The van der Waals surface area contributed by atoms with Crippen molar-refractivity contribution in [1.29, 1.82) is 5.26 Å². The Balaban J connectivity index is 0.777. The van der Waals surface area contributed by atoms with Gasteiger partial charge in [-0.2, -0.15) is 5.26 Å². The van der Waals surface area contributed by atoms with E-state index in [-0.39, 0.29) is 53.2 Å². The maximum Gasteiger partial charge on any atom is 0.273 e. The third kappa shape index (κ3) is 6.43. The van der Waals surface area contributed by atoms with Gasteiger partial charge in [0.1, 0.15) is 29.7 Å². The topological polar surface area (TPSA) is 156 Å². The smallest absolute Gasteiger partial charge is 0.273 e. The molecular formula is C45H44ClN7O6. The van der Waals surface area contributed by atoms with E-state index in [9.17, 15) is 29.2 Å². The van der Waals surface area contributed by atoms with Gasteiger partial charge < -0.3 is 14.5 Å². The Hall–Kier alpha value is -5.76. The molecule has 1 aromatic heterocycles. The first-order valence-corrected chi connectivity index (χ1v) is 20.6. The van der Waals surface area contributed by atoms with E-state index in [1.165, 1.54) is 0 Å². The maximum absolute atomic E-state index is 13.8. The molecule has 1 aliphatic carbocycles. The normalized spacial score (nSPS) is 25.1. The van der Waals surface area contributed by atoms with Crippen molar-refractivity contribution in [3.05, 3.63) is 87.2 Å². The lowest BCUT2D eigenvalue weighted by Crippen LogP contribution is -2.74. The fraction of sp³-hybridized carbons (Fsp3) is 0.444. The van der Waals surface area contributed by atoms with Crippen LogP contribution in [-0.4, -0.2) is 99.6 Å². The highest BCUT2D eigenvalue weighted by atomic mass is 35.5. The number of halogens is 1. The van der Waals surface area contributed by atoms with Crippen molar-refractivity contribution in [2.45, 2.75) is 84.2 Å². The third-order valence-corrected chi connectivity index (χ3v) is 13.6. The Bertz CT molecular complexity index is 2440. The molecule has 3 aromatic rings. The zero-order chi connectivity index (χ0) is 41.5. The minimum Gasteiger partial charge on any atom is -0.489 e. The van der Waals surface area contributed by atoms with E-state index in [1.807, 2.05) is 17.0 Å². The molecule has 4 fully saturated rings. The highest BCUT2D eigenvalue weighted by Gasteiger charge is 2.67. The van der Waals surface area contributed by atoms with Gasteiger partial charge in [0.25, 0.3) is 17.7 Å². The number of pyridine rings is 1. The maximum atomic E-state index is 13.8. The Kier molecular flexibility index (Phi) is 9.33. The van der Waals surface area contributed by atoms with Gasteiger partial charge in [-0.15, -0.1) is 0 Å². The highest BCUT2D eigenvalue weighted by molar-refractivity contribution is 6.31. The summed E-state index contributed by atoms with van der Waals surface area (Å²) in [5, 5.41) is 11.8. The van der Waals surface area contributed by atoms with Crippen molar-refractivity contribution < 1.29 is 28.7 Å². The summed E-state index contributed by atoms with van der Waals surface area (Å²) >= 11 is 6.28. The number of likely N-dealkylation sites (tertiary alicyclic amines) is 1. The van der Waals surface area contributed by atoms with Gasteiger partial charge in [0, 0.05) is 84.0 Å².